The zero-order valence-corrected chi connectivity index (χ0v) is 10.8. The van der Waals surface area contributed by atoms with Crippen LogP contribution >= 0.6 is 27.5 Å². The number of nitrogens with one attached hydrogen (secondary N) is 1. The summed E-state index contributed by atoms with van der Waals surface area (Å²) in [5.74, 6) is 0. The first-order valence-electron chi connectivity index (χ1n) is 4.93. The Morgan fingerprint density at radius 1 is 1.47 bits per heavy atom. The molecule has 0 saturated heterocycles. The molecule has 2 nitrogen and oxygen atoms in total. The van der Waals surface area contributed by atoms with Crippen LogP contribution in [0, 0.1) is 0 Å². The van der Waals surface area contributed by atoms with Gasteiger partial charge in [0.1, 0.15) is 0 Å². The number of hydrogen-bond donors (Lipinski definition) is 1. The molecule has 1 aromatic rings. The predicted octanol–water partition coefficient (Wildman–Crippen LogP) is 3.69. The highest BCUT2D eigenvalue weighted by atomic mass is 79.9. The molecule has 1 saturated carbocycles. The molecule has 1 fully saturated rings. The molecule has 0 spiro atoms. The Morgan fingerprint density at radius 3 is 2.87 bits per heavy atom. The summed E-state index contributed by atoms with van der Waals surface area (Å²) in [4.78, 5) is 0. The van der Waals surface area contributed by atoms with Gasteiger partial charge >= 0.3 is 0 Å². The average Bonchev–Trinajstić information content (AvgIpc) is 2.16. The molecule has 15 heavy (non-hydrogen) atoms. The van der Waals surface area contributed by atoms with E-state index in [4.69, 9.17) is 16.3 Å². The first-order valence-corrected chi connectivity index (χ1v) is 6.10. The van der Waals surface area contributed by atoms with Gasteiger partial charge in [-0.05, 0) is 47.0 Å². The van der Waals surface area contributed by atoms with Crippen LogP contribution < -0.4 is 5.32 Å². The third-order valence-corrected chi connectivity index (χ3v) is 3.64. The summed E-state index contributed by atoms with van der Waals surface area (Å²) in [6.45, 7) is 0. The molecule has 0 heterocycles. The van der Waals surface area contributed by atoms with Crippen LogP contribution in [0.4, 0.5) is 5.69 Å². The fourth-order valence-corrected chi connectivity index (χ4v) is 2.24. The molecule has 82 valence electrons. The van der Waals surface area contributed by atoms with Gasteiger partial charge in [-0.1, -0.05) is 11.6 Å². The molecule has 2 rings (SSSR count). The lowest BCUT2D eigenvalue weighted by Gasteiger charge is -2.35. The molecule has 0 radical (unpaired) electrons. The number of halogens is 2. The van der Waals surface area contributed by atoms with Gasteiger partial charge in [0.05, 0.1) is 11.8 Å². The highest BCUT2D eigenvalue weighted by Crippen LogP contribution is 2.31. The maximum Gasteiger partial charge on any atom is 0.0610 e. The fourth-order valence-electron chi connectivity index (χ4n) is 1.70. The highest BCUT2D eigenvalue weighted by molar-refractivity contribution is 9.10. The van der Waals surface area contributed by atoms with E-state index in [-0.39, 0.29) is 0 Å². The second-order valence-electron chi connectivity index (χ2n) is 3.79. The van der Waals surface area contributed by atoms with E-state index in [1.165, 1.54) is 0 Å². The van der Waals surface area contributed by atoms with Crippen LogP contribution in [0.1, 0.15) is 12.8 Å². The molecule has 0 unspecified atom stereocenters. The molecular formula is C11H13BrClNO. The summed E-state index contributed by atoms with van der Waals surface area (Å²) in [6, 6.07) is 6.27. The first-order chi connectivity index (χ1) is 7.19. The quantitative estimate of drug-likeness (QED) is 0.916. The lowest BCUT2D eigenvalue weighted by molar-refractivity contribution is 0.0328. The Morgan fingerprint density at radius 2 is 2.20 bits per heavy atom. The van der Waals surface area contributed by atoms with Gasteiger partial charge in [-0.3, -0.25) is 0 Å². The van der Waals surface area contributed by atoms with Crippen LogP contribution in [-0.2, 0) is 4.74 Å². The van der Waals surface area contributed by atoms with Crippen molar-refractivity contribution in [1.82, 2.24) is 0 Å². The summed E-state index contributed by atoms with van der Waals surface area (Å²) >= 11 is 9.42. The monoisotopic (exact) mass is 289 g/mol. The van der Waals surface area contributed by atoms with Crippen molar-refractivity contribution < 1.29 is 4.74 Å². The van der Waals surface area contributed by atoms with Crippen LogP contribution in [0.15, 0.2) is 22.7 Å². The number of methoxy groups -OCH3 is 1. The van der Waals surface area contributed by atoms with Crippen molar-refractivity contribution in [2.75, 3.05) is 12.4 Å². The summed E-state index contributed by atoms with van der Waals surface area (Å²) in [5.41, 5.74) is 1.06. The molecule has 1 aliphatic carbocycles. The Hall–Kier alpha value is -0.250. The molecule has 1 aromatic carbocycles. The number of hydrogen-bond acceptors (Lipinski definition) is 2. The average molecular weight is 291 g/mol. The normalized spacial score (nSPS) is 24.7. The first kappa shape index (κ1) is 11.2. The van der Waals surface area contributed by atoms with Crippen LogP contribution in [-0.4, -0.2) is 19.3 Å². The van der Waals surface area contributed by atoms with Gasteiger partial charge in [0.2, 0.25) is 0 Å². The van der Waals surface area contributed by atoms with E-state index in [0.29, 0.717) is 12.1 Å². The van der Waals surface area contributed by atoms with Crippen molar-refractivity contribution in [3.63, 3.8) is 0 Å². The van der Waals surface area contributed by atoms with E-state index in [2.05, 4.69) is 21.2 Å². The van der Waals surface area contributed by atoms with Crippen molar-refractivity contribution in [3.8, 4) is 0 Å². The van der Waals surface area contributed by atoms with E-state index in [1.807, 2.05) is 18.2 Å². The van der Waals surface area contributed by atoms with E-state index >= 15 is 0 Å². The minimum atomic E-state index is 0.417. The van der Waals surface area contributed by atoms with Gasteiger partial charge in [0, 0.05) is 22.6 Å². The highest BCUT2D eigenvalue weighted by Gasteiger charge is 2.29. The standard InChI is InChI=1S/C11H13BrClNO/c1-15-9-5-8(6-9)14-11-4-7(13)2-3-10(11)12/h2-4,8-9,14H,5-6H2,1H3. The van der Waals surface area contributed by atoms with Crippen LogP contribution in [0.25, 0.3) is 0 Å². The van der Waals surface area contributed by atoms with E-state index in [0.717, 1.165) is 28.0 Å². The number of benzene rings is 1. The molecular weight excluding hydrogens is 277 g/mol. The van der Waals surface area contributed by atoms with Crippen LogP contribution in [0.2, 0.25) is 5.02 Å². The third kappa shape index (κ3) is 2.65. The lowest BCUT2D eigenvalue weighted by atomic mass is 9.89. The molecule has 0 atom stereocenters. The van der Waals surface area contributed by atoms with Gasteiger partial charge < -0.3 is 10.1 Å². The van der Waals surface area contributed by atoms with Gasteiger partial charge in [-0.15, -0.1) is 0 Å². The Balaban J connectivity index is 1.97. The molecule has 0 amide bonds. The Kier molecular flexibility index (Phi) is 3.54. The summed E-state index contributed by atoms with van der Waals surface area (Å²) in [7, 11) is 1.76. The zero-order chi connectivity index (χ0) is 10.8. The molecule has 0 aliphatic heterocycles. The predicted molar refractivity (Wildman–Crippen MR) is 66.6 cm³/mol. The van der Waals surface area contributed by atoms with Crippen molar-refractivity contribution in [2.24, 2.45) is 0 Å². The topological polar surface area (TPSA) is 21.3 Å². The molecule has 0 bridgehead atoms. The minimum absolute atomic E-state index is 0.417. The summed E-state index contributed by atoms with van der Waals surface area (Å²) in [5, 5.41) is 4.19. The molecule has 0 aromatic heterocycles. The van der Waals surface area contributed by atoms with Gasteiger partial charge in [0.25, 0.3) is 0 Å². The molecule has 4 heteroatoms. The van der Waals surface area contributed by atoms with Gasteiger partial charge in [0.15, 0.2) is 0 Å². The molecule has 1 aliphatic rings. The van der Waals surface area contributed by atoms with E-state index in [9.17, 15) is 0 Å². The maximum absolute atomic E-state index is 5.93. The minimum Gasteiger partial charge on any atom is -0.381 e. The SMILES string of the molecule is COC1CC(Nc2cc(Cl)ccc2Br)C1. The van der Waals surface area contributed by atoms with Crippen molar-refractivity contribution in [2.45, 2.75) is 25.0 Å². The fraction of sp³-hybridized carbons (Fsp3) is 0.455. The maximum atomic E-state index is 5.93. The summed E-state index contributed by atoms with van der Waals surface area (Å²) < 4.78 is 6.28. The second-order valence-corrected chi connectivity index (χ2v) is 5.09. The smallest absolute Gasteiger partial charge is 0.0610 e. The van der Waals surface area contributed by atoms with E-state index < -0.39 is 0 Å². The third-order valence-electron chi connectivity index (χ3n) is 2.72. The lowest BCUT2D eigenvalue weighted by Crippen LogP contribution is -2.40. The largest absolute Gasteiger partial charge is 0.381 e. The number of rotatable bonds is 3. The van der Waals surface area contributed by atoms with Crippen LogP contribution in [0.5, 0.6) is 0 Å². The Labute approximate surface area is 103 Å². The van der Waals surface area contributed by atoms with Gasteiger partial charge in [-0.2, -0.15) is 0 Å². The summed E-state index contributed by atoms with van der Waals surface area (Å²) in [6.07, 6.45) is 2.55. The van der Waals surface area contributed by atoms with Crippen LogP contribution in [0.3, 0.4) is 0 Å². The van der Waals surface area contributed by atoms with Crippen molar-refractivity contribution >= 4 is 33.2 Å². The molecule has 1 N–H and O–H groups in total. The van der Waals surface area contributed by atoms with Gasteiger partial charge in [-0.25, -0.2) is 0 Å². The van der Waals surface area contributed by atoms with Crippen molar-refractivity contribution in [1.29, 1.82) is 0 Å². The number of anilines is 1. The number of ether oxygens (including phenoxy) is 1. The Bertz CT molecular complexity index is 352. The van der Waals surface area contributed by atoms with Crippen molar-refractivity contribution in [3.05, 3.63) is 27.7 Å². The van der Waals surface area contributed by atoms with E-state index in [1.54, 1.807) is 7.11 Å². The zero-order valence-electron chi connectivity index (χ0n) is 8.47. The second kappa shape index (κ2) is 4.73.